The second-order valence-electron chi connectivity index (χ2n) is 14.5. The first-order valence-electron chi connectivity index (χ1n) is 19.2. The van der Waals surface area contributed by atoms with Crippen LogP contribution in [0.5, 0.6) is 0 Å². The van der Waals surface area contributed by atoms with E-state index in [1.54, 1.807) is 0 Å². The normalized spacial score (nSPS) is 16.6. The Bertz CT molecular complexity index is 3010. The predicted molar refractivity (Wildman–Crippen MR) is 233 cm³/mol. The Morgan fingerprint density at radius 3 is 1.38 bits per heavy atom. The number of fused-ring (bicyclic) bond motifs is 6. The summed E-state index contributed by atoms with van der Waals surface area (Å²) >= 11 is 0. The Morgan fingerprint density at radius 1 is 0.393 bits per heavy atom. The molecule has 0 saturated carbocycles. The van der Waals surface area contributed by atoms with Gasteiger partial charge in [0.05, 0.1) is 51.2 Å². The van der Waals surface area contributed by atoms with E-state index in [-0.39, 0.29) is 12.1 Å². The van der Waals surface area contributed by atoms with Crippen molar-refractivity contribution in [1.82, 2.24) is 24.8 Å². The molecule has 0 aliphatic carbocycles. The summed E-state index contributed by atoms with van der Waals surface area (Å²) in [5.74, 6) is 0. The van der Waals surface area contributed by atoms with Gasteiger partial charge in [-0.1, -0.05) is 127 Å². The molecule has 0 saturated heterocycles. The highest BCUT2D eigenvalue weighted by atomic mass is 15.1. The van der Waals surface area contributed by atoms with Gasteiger partial charge in [0.2, 0.25) is 0 Å². The second kappa shape index (κ2) is 13.2. The lowest BCUT2D eigenvalue weighted by molar-refractivity contribution is 0.574. The van der Waals surface area contributed by atoms with E-state index in [0.717, 1.165) is 45.3 Å². The molecule has 11 rings (SSSR count). The number of nitrogens with zero attached hydrogens (tertiary/aromatic N) is 3. The maximum atomic E-state index is 5.21. The SMILES string of the molecule is C1=CC(C2C=CC=C(c3cccc(-c4cccc(-n5c6ccccc6c6ccccc65)c4)n3)N2)NC(c2cccc(-n3c4ccccc4c4ccccc43)c2)=C1. The van der Waals surface area contributed by atoms with Gasteiger partial charge in [-0.15, -0.1) is 0 Å². The van der Waals surface area contributed by atoms with Crippen LogP contribution in [0, 0.1) is 0 Å². The van der Waals surface area contributed by atoms with E-state index >= 15 is 0 Å². The lowest BCUT2D eigenvalue weighted by Crippen LogP contribution is -2.46. The molecule has 2 aliphatic rings. The molecule has 56 heavy (non-hydrogen) atoms. The number of nitrogens with one attached hydrogen (secondary N) is 2. The van der Waals surface area contributed by atoms with E-state index in [4.69, 9.17) is 4.98 Å². The number of benzene rings is 6. The molecule has 6 aromatic carbocycles. The van der Waals surface area contributed by atoms with Gasteiger partial charge >= 0.3 is 0 Å². The van der Waals surface area contributed by atoms with Gasteiger partial charge in [-0.2, -0.15) is 0 Å². The van der Waals surface area contributed by atoms with E-state index in [1.807, 2.05) is 0 Å². The molecule has 5 nitrogen and oxygen atoms in total. The van der Waals surface area contributed by atoms with Gasteiger partial charge in [0, 0.05) is 44.2 Å². The monoisotopic (exact) mass is 719 g/mol. The molecule has 3 aromatic heterocycles. The molecule has 5 heterocycles. The van der Waals surface area contributed by atoms with E-state index in [2.05, 4.69) is 220 Å². The fraction of sp³-hybridized carbons (Fsp3) is 0.0392. The van der Waals surface area contributed by atoms with Gasteiger partial charge < -0.3 is 19.8 Å². The summed E-state index contributed by atoms with van der Waals surface area (Å²) in [6.45, 7) is 0. The van der Waals surface area contributed by atoms with Crippen molar-refractivity contribution in [3.05, 3.63) is 212 Å². The minimum Gasteiger partial charge on any atom is -0.376 e. The van der Waals surface area contributed by atoms with Crippen molar-refractivity contribution >= 4 is 55.0 Å². The van der Waals surface area contributed by atoms with Crippen LogP contribution in [0.1, 0.15) is 11.3 Å². The molecule has 0 spiro atoms. The number of dihydropyridines is 2. The first-order valence-corrected chi connectivity index (χ1v) is 19.2. The van der Waals surface area contributed by atoms with Crippen molar-refractivity contribution in [2.75, 3.05) is 0 Å². The smallest absolute Gasteiger partial charge is 0.0868 e. The van der Waals surface area contributed by atoms with Crippen LogP contribution in [-0.2, 0) is 0 Å². The highest BCUT2D eigenvalue weighted by molar-refractivity contribution is 6.10. The Kier molecular flexibility index (Phi) is 7.56. The van der Waals surface area contributed by atoms with Crippen molar-refractivity contribution < 1.29 is 0 Å². The van der Waals surface area contributed by atoms with E-state index in [1.165, 1.54) is 43.6 Å². The lowest BCUT2D eigenvalue weighted by Gasteiger charge is -2.31. The van der Waals surface area contributed by atoms with Crippen LogP contribution in [0.15, 0.2) is 200 Å². The van der Waals surface area contributed by atoms with Crippen LogP contribution >= 0.6 is 0 Å². The van der Waals surface area contributed by atoms with E-state index < -0.39 is 0 Å². The molecule has 2 atom stereocenters. The van der Waals surface area contributed by atoms with Gasteiger partial charge in [0.15, 0.2) is 0 Å². The molecule has 0 radical (unpaired) electrons. The summed E-state index contributed by atoms with van der Waals surface area (Å²) < 4.78 is 4.72. The molecule has 0 fully saturated rings. The maximum Gasteiger partial charge on any atom is 0.0868 e. The van der Waals surface area contributed by atoms with Crippen molar-refractivity contribution in [3.8, 4) is 22.6 Å². The Hall–Kier alpha value is -7.37. The summed E-state index contributed by atoms with van der Waals surface area (Å²) in [5.41, 5.74) is 13.2. The number of hydrogen-bond donors (Lipinski definition) is 2. The second-order valence-corrected chi connectivity index (χ2v) is 14.5. The Morgan fingerprint density at radius 2 is 0.821 bits per heavy atom. The molecule has 266 valence electrons. The van der Waals surface area contributed by atoms with Crippen LogP contribution in [0.3, 0.4) is 0 Å². The fourth-order valence-corrected chi connectivity index (χ4v) is 8.62. The Labute approximate surface area is 324 Å². The third-order valence-electron chi connectivity index (χ3n) is 11.2. The summed E-state index contributed by atoms with van der Waals surface area (Å²) in [6, 6.07) is 58.5. The van der Waals surface area contributed by atoms with Crippen LogP contribution < -0.4 is 10.6 Å². The van der Waals surface area contributed by atoms with E-state index in [9.17, 15) is 0 Å². The predicted octanol–water partition coefficient (Wildman–Crippen LogP) is 11.4. The molecule has 0 amide bonds. The molecule has 5 heteroatoms. The largest absolute Gasteiger partial charge is 0.376 e. The highest BCUT2D eigenvalue weighted by Gasteiger charge is 2.24. The lowest BCUT2D eigenvalue weighted by atomic mass is 9.98. The summed E-state index contributed by atoms with van der Waals surface area (Å²) in [7, 11) is 0. The van der Waals surface area contributed by atoms with Crippen LogP contribution in [0.4, 0.5) is 0 Å². The zero-order chi connectivity index (χ0) is 37.0. The number of allylic oxidation sites excluding steroid dienone is 4. The number of hydrogen-bond acceptors (Lipinski definition) is 3. The molecule has 2 N–H and O–H groups in total. The first kappa shape index (κ1) is 32.1. The number of para-hydroxylation sites is 4. The summed E-state index contributed by atoms with van der Waals surface area (Å²) in [5, 5.41) is 12.7. The average molecular weight is 720 g/mol. The minimum atomic E-state index is 0.0274. The van der Waals surface area contributed by atoms with Crippen LogP contribution in [-0.4, -0.2) is 26.2 Å². The first-order chi connectivity index (χ1) is 27.8. The number of rotatable bonds is 6. The van der Waals surface area contributed by atoms with Crippen molar-refractivity contribution in [2.24, 2.45) is 0 Å². The molecule has 2 unspecified atom stereocenters. The number of pyridine rings is 1. The zero-order valence-corrected chi connectivity index (χ0v) is 30.5. The molecule has 2 aliphatic heterocycles. The molecular formula is C51H37N5. The van der Waals surface area contributed by atoms with Gasteiger partial charge in [0.1, 0.15) is 0 Å². The van der Waals surface area contributed by atoms with Crippen LogP contribution in [0.25, 0.3) is 77.6 Å². The summed E-state index contributed by atoms with van der Waals surface area (Å²) in [6.07, 6.45) is 13.1. The Balaban J connectivity index is 0.852. The summed E-state index contributed by atoms with van der Waals surface area (Å²) in [4.78, 5) is 5.21. The molecular weight excluding hydrogens is 683 g/mol. The minimum absolute atomic E-state index is 0.0274. The van der Waals surface area contributed by atoms with Crippen LogP contribution in [0.2, 0.25) is 0 Å². The van der Waals surface area contributed by atoms with Crippen molar-refractivity contribution in [1.29, 1.82) is 0 Å². The third kappa shape index (κ3) is 5.36. The van der Waals surface area contributed by atoms with Gasteiger partial charge in [0.25, 0.3) is 0 Å². The topological polar surface area (TPSA) is 46.8 Å². The average Bonchev–Trinajstić information content (AvgIpc) is 3.80. The fourth-order valence-electron chi connectivity index (χ4n) is 8.62. The van der Waals surface area contributed by atoms with Crippen molar-refractivity contribution in [3.63, 3.8) is 0 Å². The number of aromatic nitrogens is 3. The third-order valence-corrected chi connectivity index (χ3v) is 11.2. The standard InChI is InChI=1S/C51H37N5/c1-5-28-48-38(18-1)39-19-2-6-29-49(39)55(48)36-16-9-14-34(32-36)42-22-11-24-44(52-42)46-26-13-27-47(54-46)45-25-12-23-43(53-45)35-15-10-17-37(33-35)56-50-30-7-3-20-40(50)41-21-4-8-31-51(41)56/h1-33,44,46,52,54H. The van der Waals surface area contributed by atoms with Gasteiger partial charge in [-0.05, 0) is 78.4 Å². The maximum absolute atomic E-state index is 5.21. The molecule has 0 bridgehead atoms. The quantitative estimate of drug-likeness (QED) is 0.180. The highest BCUT2D eigenvalue weighted by Crippen LogP contribution is 2.35. The van der Waals surface area contributed by atoms with Gasteiger partial charge in [-0.3, -0.25) is 0 Å². The zero-order valence-electron chi connectivity index (χ0n) is 30.5. The van der Waals surface area contributed by atoms with Gasteiger partial charge in [-0.25, -0.2) is 4.98 Å². The van der Waals surface area contributed by atoms with E-state index in [0.29, 0.717) is 0 Å². The van der Waals surface area contributed by atoms with Crippen molar-refractivity contribution in [2.45, 2.75) is 12.1 Å². The molecule has 9 aromatic rings.